The van der Waals surface area contributed by atoms with E-state index >= 15 is 0 Å². The van der Waals surface area contributed by atoms with Gasteiger partial charge >= 0.3 is 0 Å². The quantitative estimate of drug-likeness (QED) is 0.807. The SMILES string of the molecule is O=S(=O)(NCCc1ccc(Br)s1)c1ccc(CO)s1. The van der Waals surface area contributed by atoms with Crippen LogP contribution in [0.25, 0.3) is 0 Å². The second-order valence-electron chi connectivity index (χ2n) is 3.73. The monoisotopic (exact) mass is 381 g/mol. The molecule has 0 aliphatic carbocycles. The van der Waals surface area contributed by atoms with Crippen LogP contribution in [-0.2, 0) is 23.1 Å². The van der Waals surface area contributed by atoms with Crippen molar-refractivity contribution in [1.29, 1.82) is 0 Å². The van der Waals surface area contributed by atoms with Crippen molar-refractivity contribution in [2.24, 2.45) is 0 Å². The van der Waals surface area contributed by atoms with Gasteiger partial charge in [0.15, 0.2) is 0 Å². The van der Waals surface area contributed by atoms with Crippen LogP contribution < -0.4 is 4.72 Å². The lowest BCUT2D eigenvalue weighted by molar-refractivity contribution is 0.285. The Balaban J connectivity index is 1.94. The summed E-state index contributed by atoms with van der Waals surface area (Å²) in [6.45, 7) is 0.227. The maximum atomic E-state index is 12.0. The Labute approximate surface area is 128 Å². The highest BCUT2D eigenvalue weighted by Gasteiger charge is 2.16. The first kappa shape index (κ1) is 15.1. The van der Waals surface area contributed by atoms with E-state index < -0.39 is 10.0 Å². The third-order valence-corrected chi connectivity index (χ3v) is 7.06. The van der Waals surface area contributed by atoms with E-state index in [1.807, 2.05) is 12.1 Å². The number of thiophene rings is 2. The number of hydrogen-bond donors (Lipinski definition) is 2. The summed E-state index contributed by atoms with van der Waals surface area (Å²) in [4.78, 5) is 1.76. The van der Waals surface area contributed by atoms with Crippen molar-refractivity contribution in [3.63, 3.8) is 0 Å². The van der Waals surface area contributed by atoms with Gasteiger partial charge in [-0.1, -0.05) is 0 Å². The van der Waals surface area contributed by atoms with Crippen molar-refractivity contribution in [3.05, 3.63) is 37.8 Å². The summed E-state index contributed by atoms with van der Waals surface area (Å²) in [7, 11) is -3.46. The molecular formula is C11H12BrNO3S3. The predicted molar refractivity (Wildman–Crippen MR) is 81.2 cm³/mol. The van der Waals surface area contributed by atoms with Crippen LogP contribution in [0.2, 0.25) is 0 Å². The Morgan fingerprint density at radius 2 is 1.89 bits per heavy atom. The summed E-state index contributed by atoms with van der Waals surface area (Å²) in [5, 5.41) is 8.94. The summed E-state index contributed by atoms with van der Waals surface area (Å²) < 4.78 is 27.8. The fourth-order valence-corrected chi connectivity index (χ4v) is 5.23. The Hall–Kier alpha value is -0.250. The second kappa shape index (κ2) is 6.47. The minimum Gasteiger partial charge on any atom is -0.391 e. The zero-order chi connectivity index (χ0) is 13.9. The molecule has 0 saturated carbocycles. The van der Waals surface area contributed by atoms with Gasteiger partial charge in [-0.25, -0.2) is 13.1 Å². The molecule has 0 fully saturated rings. The van der Waals surface area contributed by atoms with E-state index in [0.29, 0.717) is 17.8 Å². The Bertz CT molecular complexity index is 648. The average Bonchev–Trinajstić information content (AvgIpc) is 2.98. The van der Waals surface area contributed by atoms with Crippen LogP contribution in [0.4, 0.5) is 0 Å². The van der Waals surface area contributed by atoms with Crippen LogP contribution in [0.1, 0.15) is 9.75 Å². The molecule has 0 spiro atoms. The number of hydrogen-bond acceptors (Lipinski definition) is 5. The van der Waals surface area contributed by atoms with Gasteiger partial charge in [-0.2, -0.15) is 0 Å². The van der Waals surface area contributed by atoms with Gasteiger partial charge in [-0.15, -0.1) is 22.7 Å². The van der Waals surface area contributed by atoms with E-state index in [2.05, 4.69) is 20.7 Å². The van der Waals surface area contributed by atoms with Crippen LogP contribution in [0.15, 0.2) is 32.3 Å². The summed E-state index contributed by atoms with van der Waals surface area (Å²) in [6.07, 6.45) is 0.660. The molecule has 0 saturated heterocycles. The highest BCUT2D eigenvalue weighted by Crippen LogP contribution is 2.23. The van der Waals surface area contributed by atoms with E-state index in [1.54, 1.807) is 17.4 Å². The molecule has 2 heterocycles. The van der Waals surface area contributed by atoms with Crippen molar-refractivity contribution in [1.82, 2.24) is 4.72 Å². The summed E-state index contributed by atoms with van der Waals surface area (Å²) in [6, 6.07) is 7.05. The molecule has 0 atom stereocenters. The van der Waals surface area contributed by atoms with Gasteiger partial charge in [-0.05, 0) is 46.6 Å². The number of aliphatic hydroxyl groups is 1. The topological polar surface area (TPSA) is 66.4 Å². The lowest BCUT2D eigenvalue weighted by atomic mass is 10.3. The van der Waals surface area contributed by atoms with Crippen LogP contribution in [-0.4, -0.2) is 20.1 Å². The van der Waals surface area contributed by atoms with Gasteiger partial charge in [0, 0.05) is 16.3 Å². The Morgan fingerprint density at radius 3 is 2.47 bits per heavy atom. The molecular weight excluding hydrogens is 370 g/mol. The predicted octanol–water partition coefficient (Wildman–Crippen LogP) is 2.59. The molecule has 0 unspecified atom stereocenters. The maximum Gasteiger partial charge on any atom is 0.250 e. The zero-order valence-electron chi connectivity index (χ0n) is 9.80. The maximum absolute atomic E-state index is 12.0. The van der Waals surface area contributed by atoms with Crippen LogP contribution in [0.3, 0.4) is 0 Å². The Kier molecular flexibility index (Phi) is 5.15. The number of nitrogens with one attached hydrogen (secondary N) is 1. The number of rotatable bonds is 6. The summed E-state index contributed by atoms with van der Waals surface area (Å²) >= 11 is 6.05. The van der Waals surface area contributed by atoms with Gasteiger partial charge in [-0.3, -0.25) is 0 Å². The molecule has 0 bridgehead atoms. The lowest BCUT2D eigenvalue weighted by Crippen LogP contribution is -2.25. The molecule has 0 aromatic carbocycles. The molecule has 2 N–H and O–H groups in total. The van der Waals surface area contributed by atoms with E-state index in [9.17, 15) is 8.42 Å². The smallest absolute Gasteiger partial charge is 0.250 e. The molecule has 0 aliphatic heterocycles. The van der Waals surface area contributed by atoms with Crippen molar-refractivity contribution in [2.75, 3.05) is 6.54 Å². The summed E-state index contributed by atoms with van der Waals surface area (Å²) in [5.74, 6) is 0. The minimum absolute atomic E-state index is 0.136. The number of halogens is 1. The van der Waals surface area contributed by atoms with Crippen molar-refractivity contribution >= 4 is 48.6 Å². The molecule has 2 aromatic rings. The van der Waals surface area contributed by atoms with Gasteiger partial charge < -0.3 is 5.11 Å². The molecule has 2 rings (SSSR count). The van der Waals surface area contributed by atoms with Gasteiger partial charge in [0.1, 0.15) is 4.21 Å². The third-order valence-electron chi connectivity index (χ3n) is 2.35. The van der Waals surface area contributed by atoms with Crippen molar-refractivity contribution in [2.45, 2.75) is 17.2 Å². The zero-order valence-corrected chi connectivity index (χ0v) is 13.8. The van der Waals surface area contributed by atoms with E-state index in [0.717, 1.165) is 20.0 Å². The highest BCUT2D eigenvalue weighted by molar-refractivity contribution is 9.11. The van der Waals surface area contributed by atoms with Crippen molar-refractivity contribution < 1.29 is 13.5 Å². The molecule has 0 radical (unpaired) electrons. The molecule has 2 aromatic heterocycles. The lowest BCUT2D eigenvalue weighted by Gasteiger charge is -2.03. The molecule has 104 valence electrons. The fraction of sp³-hybridized carbons (Fsp3) is 0.273. The first-order valence-corrected chi connectivity index (χ1v) is 9.35. The van der Waals surface area contributed by atoms with Crippen molar-refractivity contribution in [3.8, 4) is 0 Å². The number of aliphatic hydroxyl groups excluding tert-OH is 1. The standard InChI is InChI=1S/C11H12BrNO3S3/c12-10-3-1-8(17-10)5-6-13-19(15,16)11-4-2-9(7-14)18-11/h1-4,13-14H,5-7H2. The van der Waals surface area contributed by atoms with Crippen LogP contribution in [0, 0.1) is 0 Å². The average molecular weight is 382 g/mol. The third kappa shape index (κ3) is 4.11. The van der Waals surface area contributed by atoms with Gasteiger partial charge in [0.2, 0.25) is 10.0 Å². The normalized spacial score (nSPS) is 11.9. The second-order valence-corrected chi connectivity index (χ2v) is 9.44. The first-order valence-electron chi connectivity index (χ1n) is 5.45. The molecule has 8 heteroatoms. The Morgan fingerprint density at radius 1 is 1.16 bits per heavy atom. The van der Waals surface area contributed by atoms with E-state index in [-0.39, 0.29) is 10.8 Å². The molecule has 0 aliphatic rings. The van der Waals surface area contributed by atoms with Crippen LogP contribution >= 0.6 is 38.6 Å². The first-order chi connectivity index (χ1) is 9.01. The van der Waals surface area contributed by atoms with Crippen LogP contribution in [0.5, 0.6) is 0 Å². The molecule has 4 nitrogen and oxygen atoms in total. The van der Waals surface area contributed by atoms with E-state index in [4.69, 9.17) is 5.11 Å². The number of sulfonamides is 1. The van der Waals surface area contributed by atoms with Gasteiger partial charge in [0.05, 0.1) is 10.4 Å². The summed E-state index contributed by atoms with van der Waals surface area (Å²) in [5.41, 5.74) is 0. The highest BCUT2D eigenvalue weighted by atomic mass is 79.9. The molecule has 19 heavy (non-hydrogen) atoms. The fourth-order valence-electron chi connectivity index (χ4n) is 1.45. The molecule has 0 amide bonds. The van der Waals surface area contributed by atoms with Gasteiger partial charge in [0.25, 0.3) is 0 Å². The van der Waals surface area contributed by atoms with E-state index in [1.165, 1.54) is 6.07 Å². The minimum atomic E-state index is -3.46. The largest absolute Gasteiger partial charge is 0.391 e.